The number of hydrogen-bond acceptors (Lipinski definition) is 13. The van der Waals surface area contributed by atoms with Gasteiger partial charge in [0.2, 0.25) is 5.79 Å². The number of nitrogens with zero attached hydrogens (tertiary/aromatic N) is 1. The molecule has 3 aliphatic heterocycles. The van der Waals surface area contributed by atoms with Crippen LogP contribution in [0.1, 0.15) is 112 Å². The average molecular weight is 920 g/mol. The van der Waals surface area contributed by atoms with E-state index in [1.165, 1.54) is 19.1 Å². The summed E-state index contributed by atoms with van der Waals surface area (Å²) in [7, 11) is 3.06. The molecule has 364 valence electrons. The van der Waals surface area contributed by atoms with Crippen LogP contribution in [0.4, 0.5) is 0 Å². The summed E-state index contributed by atoms with van der Waals surface area (Å²) in [6.45, 7) is 11.2. The molecule has 14 nitrogen and oxygen atoms in total. The van der Waals surface area contributed by atoms with Crippen LogP contribution in [0.3, 0.4) is 0 Å². The van der Waals surface area contributed by atoms with Crippen LogP contribution in [0.2, 0.25) is 0 Å². The number of esters is 1. The summed E-state index contributed by atoms with van der Waals surface area (Å²) < 4.78 is 30.8. The van der Waals surface area contributed by atoms with Gasteiger partial charge in [0.05, 0.1) is 24.4 Å². The Morgan fingerprint density at radius 1 is 0.879 bits per heavy atom. The van der Waals surface area contributed by atoms with Crippen LogP contribution in [-0.2, 0) is 38.1 Å². The maximum atomic E-state index is 14.5. The summed E-state index contributed by atoms with van der Waals surface area (Å²) in [4.78, 5) is 58.4. The van der Waals surface area contributed by atoms with Crippen molar-refractivity contribution >= 4 is 34.2 Å². The quantitative estimate of drug-likeness (QED) is 0.129. The van der Waals surface area contributed by atoms with E-state index in [2.05, 4.69) is 0 Å². The van der Waals surface area contributed by atoms with E-state index in [1.807, 2.05) is 52.0 Å². The molecule has 14 heteroatoms. The van der Waals surface area contributed by atoms with Gasteiger partial charge in [-0.2, -0.15) is 0 Å². The Morgan fingerprint density at radius 2 is 1.58 bits per heavy atom. The highest BCUT2D eigenvalue weighted by atomic mass is 16.7. The van der Waals surface area contributed by atoms with Gasteiger partial charge in [0.15, 0.2) is 0 Å². The van der Waals surface area contributed by atoms with Crippen LogP contribution in [-0.4, -0.2) is 124 Å². The number of aromatic hydroxyl groups is 1. The maximum absolute atomic E-state index is 14.5. The van der Waals surface area contributed by atoms with Crippen LogP contribution < -0.4 is 4.74 Å². The van der Waals surface area contributed by atoms with Gasteiger partial charge in [-0.25, -0.2) is 4.79 Å². The van der Waals surface area contributed by atoms with Crippen molar-refractivity contribution in [2.24, 2.45) is 29.6 Å². The van der Waals surface area contributed by atoms with E-state index < -0.39 is 90.0 Å². The van der Waals surface area contributed by atoms with Crippen molar-refractivity contribution < 1.29 is 63.3 Å². The number of carbonyl (C=O) groups excluding carboxylic acids is 4. The van der Waals surface area contributed by atoms with E-state index in [-0.39, 0.29) is 49.2 Å². The Balaban J connectivity index is 1.32. The summed E-state index contributed by atoms with van der Waals surface area (Å²) in [6, 6.07) is 9.42. The van der Waals surface area contributed by atoms with E-state index in [4.69, 9.17) is 23.7 Å². The molecule has 14 atom stereocenters. The zero-order chi connectivity index (χ0) is 48.0. The molecule has 3 fully saturated rings. The second-order valence-electron chi connectivity index (χ2n) is 19.7. The fourth-order valence-electron chi connectivity index (χ4n) is 10.7. The molecule has 0 spiro atoms. The van der Waals surface area contributed by atoms with Gasteiger partial charge in [-0.1, -0.05) is 57.6 Å². The van der Waals surface area contributed by atoms with Crippen LogP contribution in [0.5, 0.6) is 11.5 Å². The van der Waals surface area contributed by atoms with Crippen molar-refractivity contribution in [1.29, 1.82) is 0 Å². The molecular formula is C52H73NO13. The number of amides is 1. The number of fused-ring (bicyclic) bond motifs is 4. The first-order valence-corrected chi connectivity index (χ1v) is 24.0. The molecule has 2 bridgehead atoms. The molecular weight excluding hydrogens is 847 g/mol. The smallest absolute Gasteiger partial charge is 0.329 e. The topological polar surface area (TPSA) is 199 Å². The molecule has 14 unspecified atom stereocenters. The predicted octanol–water partition coefficient (Wildman–Crippen LogP) is 6.76. The molecule has 66 heavy (non-hydrogen) atoms. The number of carbonyl (C=O) groups is 4. The second kappa shape index (κ2) is 22.3. The predicted molar refractivity (Wildman–Crippen MR) is 247 cm³/mol. The van der Waals surface area contributed by atoms with Crippen molar-refractivity contribution in [3.05, 3.63) is 59.7 Å². The largest absolute Gasteiger partial charge is 0.508 e. The van der Waals surface area contributed by atoms with Crippen molar-refractivity contribution in [3.8, 4) is 11.5 Å². The third kappa shape index (κ3) is 11.7. The van der Waals surface area contributed by atoms with Crippen LogP contribution in [0, 0.1) is 29.6 Å². The van der Waals surface area contributed by atoms with Crippen molar-refractivity contribution in [2.75, 3.05) is 20.8 Å². The number of benzene rings is 2. The molecule has 2 saturated heterocycles. The van der Waals surface area contributed by atoms with Gasteiger partial charge in [-0.05, 0) is 131 Å². The Labute approximate surface area is 389 Å². The normalized spacial score (nSPS) is 37.0. The summed E-state index contributed by atoms with van der Waals surface area (Å²) in [5.74, 6) is -7.12. The number of ketones is 2. The molecule has 2 aromatic carbocycles. The van der Waals surface area contributed by atoms with Gasteiger partial charge < -0.3 is 49.0 Å². The number of aliphatic hydroxyl groups excluding tert-OH is 2. The minimum absolute atomic E-state index is 0.0152. The lowest BCUT2D eigenvalue weighted by Gasteiger charge is -2.47. The Kier molecular flexibility index (Phi) is 17.3. The molecule has 4 N–H and O–H groups in total. The number of Topliss-reactive ketones (excluding diaryl/α,β-unsaturated/α-hetero) is 2. The molecule has 6 rings (SSSR count). The molecule has 2 aromatic rings. The highest BCUT2D eigenvalue weighted by molar-refractivity contribution is 6.39. The molecule has 0 aromatic heterocycles. The van der Waals surface area contributed by atoms with E-state index in [0.29, 0.717) is 62.7 Å². The lowest BCUT2D eigenvalue weighted by molar-refractivity contribution is -0.302. The lowest BCUT2D eigenvalue weighted by Crippen LogP contribution is -2.64. The van der Waals surface area contributed by atoms with Gasteiger partial charge >= 0.3 is 5.97 Å². The first kappa shape index (κ1) is 51.2. The summed E-state index contributed by atoms with van der Waals surface area (Å²) in [6.07, 6.45) is 2.73. The minimum Gasteiger partial charge on any atom is -0.508 e. The standard InChI is InChI=1S/C52H73NO13/c1-9-35-21-29(2)20-30(3)22-45(62-7)48-46(63-8)24-32(5)52(61,66-48)49(58)50(59)53-19-11-10-12-40(53)51(60)65-47(33(6)42(56)28-43(35)57)31(4)23-34-13-18-41(55)44(25-34)64-39-17-15-36-26-38(54)16-14-37(36)27-39/h14-17,21,23,26-27,30,32-35,40-42,44-48,54-56,61H,9-13,18-20,22,24-25,28H2,1-8H3/b29-21+,31-23?. The van der Waals surface area contributed by atoms with E-state index in [9.17, 15) is 39.6 Å². The van der Waals surface area contributed by atoms with Crippen LogP contribution in [0.15, 0.2) is 59.7 Å². The number of allylic oxidation sites excluding steroid dienone is 3. The minimum atomic E-state index is -2.53. The van der Waals surface area contributed by atoms with Gasteiger partial charge in [0, 0.05) is 44.9 Å². The maximum Gasteiger partial charge on any atom is 0.329 e. The van der Waals surface area contributed by atoms with Gasteiger partial charge in [-0.15, -0.1) is 0 Å². The van der Waals surface area contributed by atoms with Crippen molar-refractivity contribution in [3.63, 3.8) is 0 Å². The number of aliphatic hydroxyl groups is 3. The third-order valence-electron chi connectivity index (χ3n) is 14.7. The fourth-order valence-corrected chi connectivity index (χ4v) is 10.7. The number of phenolic OH excluding ortho intramolecular Hbond substituents is 1. The molecule has 4 aliphatic rings. The number of phenols is 1. The number of piperidine rings is 1. The molecule has 3 heterocycles. The van der Waals surface area contributed by atoms with Crippen LogP contribution in [0.25, 0.3) is 10.8 Å². The number of ether oxygens (including phenoxy) is 5. The first-order valence-electron chi connectivity index (χ1n) is 24.0. The van der Waals surface area contributed by atoms with Gasteiger partial charge in [0.1, 0.15) is 41.6 Å². The third-order valence-corrected chi connectivity index (χ3v) is 14.7. The lowest BCUT2D eigenvalue weighted by atomic mass is 9.81. The molecule has 1 saturated carbocycles. The monoisotopic (exact) mass is 920 g/mol. The Bertz CT molecular complexity index is 2100. The number of rotatable bonds is 7. The highest BCUT2D eigenvalue weighted by Gasteiger charge is 2.56. The summed E-state index contributed by atoms with van der Waals surface area (Å²) >= 11 is 0. The van der Waals surface area contributed by atoms with Crippen LogP contribution >= 0.6 is 0 Å². The Morgan fingerprint density at radius 3 is 2.29 bits per heavy atom. The average Bonchev–Trinajstić information content (AvgIpc) is 3.29. The van der Waals surface area contributed by atoms with Crippen molar-refractivity contribution in [2.45, 2.75) is 167 Å². The SMILES string of the molecule is CCC1/C=C(\C)CC(C)CC(OC)C2OC(O)(C(=O)C(=O)N3CCCCC3C(=O)OC(C(C)=CC3CCC(O)C(Oc4ccc5cc(O)ccc5c4)C3)C(C)C(O)CC1=O)C(C)CC2OC. The number of methoxy groups -OCH3 is 2. The zero-order valence-electron chi connectivity index (χ0n) is 40.0. The molecule has 0 radical (unpaired) electrons. The zero-order valence-corrected chi connectivity index (χ0v) is 40.0. The van der Waals surface area contributed by atoms with Gasteiger partial charge in [0.25, 0.3) is 11.7 Å². The number of cyclic esters (lactones) is 1. The molecule has 1 amide bonds. The van der Waals surface area contributed by atoms with E-state index in [0.717, 1.165) is 16.3 Å². The Hall–Kier alpha value is -4.18. The van der Waals surface area contributed by atoms with E-state index in [1.54, 1.807) is 38.1 Å². The van der Waals surface area contributed by atoms with Gasteiger partial charge in [-0.3, -0.25) is 14.4 Å². The fraction of sp³-hybridized carbons (Fsp3) is 0.654. The van der Waals surface area contributed by atoms with E-state index >= 15 is 0 Å². The first-order chi connectivity index (χ1) is 31.4. The van der Waals surface area contributed by atoms with Crippen molar-refractivity contribution in [1.82, 2.24) is 4.90 Å². The summed E-state index contributed by atoms with van der Waals surface area (Å²) in [5.41, 5.74) is 1.60. The molecule has 1 aliphatic carbocycles. The highest BCUT2D eigenvalue weighted by Crippen LogP contribution is 2.40. The second-order valence-corrected chi connectivity index (χ2v) is 19.7. The number of hydrogen-bond donors (Lipinski definition) is 4. The summed E-state index contributed by atoms with van der Waals surface area (Å²) in [5, 5.41) is 46.7.